The number of hydrogen-bond acceptors (Lipinski definition) is 1. The summed E-state index contributed by atoms with van der Waals surface area (Å²) in [6, 6.07) is 0. The van der Waals surface area contributed by atoms with Gasteiger partial charge >= 0.3 is 0 Å². The van der Waals surface area contributed by atoms with Crippen molar-refractivity contribution in [1.82, 2.24) is 4.90 Å². The Morgan fingerprint density at radius 1 is 0.731 bits per heavy atom. The molecule has 1 nitrogen and oxygen atoms in total. The lowest BCUT2D eigenvalue weighted by molar-refractivity contribution is 0.251. The summed E-state index contributed by atoms with van der Waals surface area (Å²) < 4.78 is 0. The van der Waals surface area contributed by atoms with Crippen LogP contribution >= 0.6 is 0 Å². The molecule has 0 aromatic rings. The molecule has 3 unspecified atom stereocenters. The highest BCUT2D eigenvalue weighted by Crippen LogP contribution is 2.24. The van der Waals surface area contributed by atoms with Crippen molar-refractivity contribution in [2.24, 2.45) is 29.6 Å². The van der Waals surface area contributed by atoms with Crippen molar-refractivity contribution in [2.75, 3.05) is 13.6 Å². The van der Waals surface area contributed by atoms with Gasteiger partial charge in [-0.15, -0.1) is 0 Å². The molecule has 0 amide bonds. The fourth-order valence-corrected chi connectivity index (χ4v) is 3.52. The second kappa shape index (κ2) is 13.4. The molecule has 26 heavy (non-hydrogen) atoms. The second-order valence-electron chi connectivity index (χ2n) is 9.58. The van der Waals surface area contributed by atoms with Gasteiger partial charge in [0, 0.05) is 19.3 Å². The predicted molar refractivity (Wildman–Crippen MR) is 120 cm³/mol. The van der Waals surface area contributed by atoms with Crippen LogP contribution in [-0.4, -0.2) is 18.5 Å². The maximum Gasteiger partial charge on any atom is 0.0199 e. The van der Waals surface area contributed by atoms with E-state index in [-0.39, 0.29) is 0 Å². The van der Waals surface area contributed by atoms with E-state index in [1.807, 2.05) is 0 Å². The van der Waals surface area contributed by atoms with Crippen LogP contribution in [0.1, 0.15) is 93.4 Å². The molecule has 0 aliphatic heterocycles. The molecular formula is C25H49N. The van der Waals surface area contributed by atoms with E-state index in [2.05, 4.69) is 73.6 Å². The first kappa shape index (κ1) is 25.3. The highest BCUT2D eigenvalue weighted by Gasteiger charge is 2.16. The molecule has 3 atom stereocenters. The Hall–Kier alpha value is -0.720. The summed E-state index contributed by atoms with van der Waals surface area (Å²) in [5.74, 6) is 3.58. The maximum atomic E-state index is 4.23. The Labute approximate surface area is 166 Å². The lowest BCUT2D eigenvalue weighted by Crippen LogP contribution is -2.28. The van der Waals surface area contributed by atoms with Crippen LogP contribution in [-0.2, 0) is 0 Å². The fraction of sp³-hybridized carbons (Fsp3) is 0.840. The zero-order valence-electron chi connectivity index (χ0n) is 19.4. The molecule has 0 aromatic carbocycles. The van der Waals surface area contributed by atoms with Crippen molar-refractivity contribution < 1.29 is 0 Å². The Balaban J connectivity index is 3.90. The van der Waals surface area contributed by atoms with Crippen LogP contribution in [0.5, 0.6) is 0 Å². The van der Waals surface area contributed by atoms with Gasteiger partial charge in [0.05, 0.1) is 0 Å². The second-order valence-corrected chi connectivity index (χ2v) is 9.58. The molecule has 0 heterocycles. The van der Waals surface area contributed by atoms with E-state index in [0.29, 0.717) is 11.8 Å². The molecule has 0 N–H and O–H groups in total. The van der Waals surface area contributed by atoms with Crippen molar-refractivity contribution in [1.29, 1.82) is 0 Å². The van der Waals surface area contributed by atoms with Crippen molar-refractivity contribution in [3.63, 3.8) is 0 Å². The van der Waals surface area contributed by atoms with E-state index in [1.54, 1.807) is 0 Å². The zero-order chi connectivity index (χ0) is 20.3. The van der Waals surface area contributed by atoms with E-state index in [1.165, 1.54) is 56.2 Å². The average Bonchev–Trinajstić information content (AvgIpc) is 2.57. The van der Waals surface area contributed by atoms with Crippen LogP contribution in [0.25, 0.3) is 0 Å². The third-order valence-electron chi connectivity index (χ3n) is 6.31. The molecule has 0 bridgehead atoms. The molecule has 0 aliphatic carbocycles. The van der Waals surface area contributed by atoms with E-state index in [9.17, 15) is 0 Å². The third kappa shape index (κ3) is 11.1. The van der Waals surface area contributed by atoms with Gasteiger partial charge in [-0.25, -0.2) is 0 Å². The van der Waals surface area contributed by atoms with E-state index >= 15 is 0 Å². The molecule has 0 aliphatic rings. The summed E-state index contributed by atoms with van der Waals surface area (Å²) in [7, 11) is 2.20. The maximum absolute atomic E-state index is 4.23. The van der Waals surface area contributed by atoms with Crippen LogP contribution in [0, 0.1) is 29.6 Å². The molecule has 0 spiro atoms. The first-order chi connectivity index (χ1) is 12.1. The number of rotatable bonds is 15. The number of nitrogens with zero attached hydrogens (tertiary/aromatic N) is 1. The largest absolute Gasteiger partial charge is 0.378 e. The highest BCUT2D eigenvalue weighted by atomic mass is 15.1. The summed E-state index contributed by atoms with van der Waals surface area (Å²) in [5.41, 5.74) is 2.68. The summed E-state index contributed by atoms with van der Waals surface area (Å²) in [4.78, 5) is 2.36. The summed E-state index contributed by atoms with van der Waals surface area (Å²) >= 11 is 0. The Kier molecular flexibility index (Phi) is 13.1. The summed E-state index contributed by atoms with van der Waals surface area (Å²) in [5, 5.41) is 0. The summed E-state index contributed by atoms with van der Waals surface area (Å²) in [6.45, 7) is 25.8. The van der Waals surface area contributed by atoms with Crippen LogP contribution in [0.2, 0.25) is 0 Å². The van der Waals surface area contributed by atoms with Crippen molar-refractivity contribution in [3.05, 3.63) is 24.4 Å². The van der Waals surface area contributed by atoms with E-state index < -0.39 is 0 Å². The van der Waals surface area contributed by atoms with Gasteiger partial charge in [0.25, 0.3) is 0 Å². The Morgan fingerprint density at radius 3 is 1.85 bits per heavy atom. The van der Waals surface area contributed by atoms with Crippen LogP contribution in [0.4, 0.5) is 0 Å². The van der Waals surface area contributed by atoms with Gasteiger partial charge in [0.2, 0.25) is 0 Å². The summed E-state index contributed by atoms with van der Waals surface area (Å²) in [6.07, 6.45) is 9.40. The van der Waals surface area contributed by atoms with Crippen molar-refractivity contribution in [2.45, 2.75) is 93.4 Å². The first-order valence-corrected chi connectivity index (χ1v) is 11.1. The quantitative estimate of drug-likeness (QED) is 0.211. The molecular weight excluding hydrogens is 314 g/mol. The van der Waals surface area contributed by atoms with Gasteiger partial charge in [-0.1, -0.05) is 99.3 Å². The average molecular weight is 364 g/mol. The Morgan fingerprint density at radius 2 is 1.31 bits per heavy atom. The van der Waals surface area contributed by atoms with Gasteiger partial charge in [-0.3, -0.25) is 0 Å². The number of allylic oxidation sites excluding steroid dienone is 2. The molecule has 154 valence electrons. The van der Waals surface area contributed by atoms with Gasteiger partial charge in [-0.05, 0) is 42.4 Å². The van der Waals surface area contributed by atoms with Gasteiger partial charge < -0.3 is 4.90 Å². The van der Waals surface area contributed by atoms with E-state index in [4.69, 9.17) is 0 Å². The molecule has 0 aromatic heterocycles. The molecule has 1 heteroatoms. The molecule has 0 saturated carbocycles. The van der Waals surface area contributed by atoms with E-state index in [0.717, 1.165) is 24.3 Å². The molecule has 0 radical (unpaired) electrons. The number of hydrogen-bond donors (Lipinski definition) is 0. The van der Waals surface area contributed by atoms with Crippen LogP contribution < -0.4 is 0 Å². The lowest BCUT2D eigenvalue weighted by atomic mass is 9.88. The first-order valence-electron chi connectivity index (χ1n) is 11.1. The fourth-order valence-electron chi connectivity index (χ4n) is 3.52. The smallest absolute Gasteiger partial charge is 0.0199 e. The zero-order valence-corrected chi connectivity index (χ0v) is 19.4. The number of unbranched alkanes of at least 4 members (excludes halogenated alkanes) is 1. The lowest BCUT2D eigenvalue weighted by Gasteiger charge is -2.30. The van der Waals surface area contributed by atoms with Crippen LogP contribution in [0.15, 0.2) is 24.4 Å². The van der Waals surface area contributed by atoms with Gasteiger partial charge in [0.1, 0.15) is 0 Å². The molecule has 0 fully saturated rings. The minimum absolute atomic E-state index is 0.543. The van der Waals surface area contributed by atoms with Gasteiger partial charge in [-0.2, -0.15) is 0 Å². The van der Waals surface area contributed by atoms with Crippen molar-refractivity contribution >= 4 is 0 Å². The Bertz CT molecular complexity index is 393. The minimum Gasteiger partial charge on any atom is -0.378 e. The highest BCUT2D eigenvalue weighted by molar-refractivity contribution is 4.97. The van der Waals surface area contributed by atoms with Gasteiger partial charge in [0.15, 0.2) is 0 Å². The topological polar surface area (TPSA) is 3.24 Å². The predicted octanol–water partition coefficient (Wildman–Crippen LogP) is 7.94. The SMILES string of the molecule is C=C(CCCCC(C)CCCC(C)C(C)CN(C)C(=C)C(C)C)C(C)C. The minimum atomic E-state index is 0.543. The van der Waals surface area contributed by atoms with Crippen molar-refractivity contribution in [3.8, 4) is 0 Å². The van der Waals surface area contributed by atoms with Crippen LogP contribution in [0.3, 0.4) is 0 Å². The third-order valence-corrected chi connectivity index (χ3v) is 6.31. The normalized spacial score (nSPS) is 15.2. The standard InChI is InChI=1S/C25H49N/c1-19(2)22(6)16-12-11-14-21(5)15-13-17-23(7)24(8)18-26(10)25(9)20(3)4/h19-21,23-24H,6,9,11-18H2,1-5,7-8,10H3. The molecule has 0 rings (SSSR count). The monoisotopic (exact) mass is 363 g/mol. The molecule has 0 saturated heterocycles.